The largest absolute Gasteiger partial charge is 0.493 e. The highest BCUT2D eigenvalue weighted by atomic mass is 35.5. The number of nitrogens with zero attached hydrogens (tertiary/aromatic N) is 2. The predicted octanol–water partition coefficient (Wildman–Crippen LogP) is 5.54. The van der Waals surface area contributed by atoms with E-state index in [-0.39, 0.29) is 16.6 Å². The van der Waals surface area contributed by atoms with Crippen LogP contribution in [0.3, 0.4) is 0 Å². The molecule has 3 aliphatic rings. The summed E-state index contributed by atoms with van der Waals surface area (Å²) in [6.45, 7) is 3.08. The van der Waals surface area contributed by atoms with Gasteiger partial charge < -0.3 is 14.0 Å². The fourth-order valence-electron chi connectivity index (χ4n) is 5.90. The first-order valence-electron chi connectivity index (χ1n) is 11.4. The fourth-order valence-corrected chi connectivity index (χ4v) is 7.63. The molecule has 6 nitrogen and oxygen atoms in total. The van der Waals surface area contributed by atoms with Crippen molar-refractivity contribution < 1.29 is 17.9 Å². The molecule has 3 aromatic rings. The smallest absolute Gasteiger partial charge is 0.157 e. The Hall–Kier alpha value is -2.69. The minimum absolute atomic E-state index is 0.0144. The summed E-state index contributed by atoms with van der Waals surface area (Å²) in [4.78, 5) is 0. The number of fused-ring (bicyclic) bond motifs is 1. The van der Waals surface area contributed by atoms with Gasteiger partial charge in [0.2, 0.25) is 0 Å². The molecule has 3 aliphatic carbocycles. The summed E-state index contributed by atoms with van der Waals surface area (Å²) >= 11 is 6.70. The molecule has 34 heavy (non-hydrogen) atoms. The minimum Gasteiger partial charge on any atom is -0.493 e. The predicted molar refractivity (Wildman–Crippen MR) is 133 cm³/mol. The second-order valence-electron chi connectivity index (χ2n) is 10.0. The second-order valence-corrected chi connectivity index (χ2v) is 12.5. The van der Waals surface area contributed by atoms with Gasteiger partial charge in [0.1, 0.15) is 26.7 Å². The van der Waals surface area contributed by atoms with Gasteiger partial charge in [0.15, 0.2) is 5.75 Å². The first kappa shape index (κ1) is 23.1. The molecule has 8 heteroatoms. The van der Waals surface area contributed by atoms with E-state index < -0.39 is 9.84 Å². The van der Waals surface area contributed by atoms with Crippen LogP contribution in [0.4, 0.5) is 0 Å². The van der Waals surface area contributed by atoms with Crippen molar-refractivity contribution in [2.24, 2.45) is 10.8 Å². The van der Waals surface area contributed by atoms with Crippen LogP contribution in [0.5, 0.6) is 11.5 Å². The summed E-state index contributed by atoms with van der Waals surface area (Å²) in [5.41, 5.74) is 2.19. The third-order valence-corrected chi connectivity index (χ3v) is 8.44. The van der Waals surface area contributed by atoms with Gasteiger partial charge in [-0.25, -0.2) is 8.42 Å². The van der Waals surface area contributed by atoms with E-state index in [1.807, 2.05) is 48.0 Å². The number of halogens is 1. The van der Waals surface area contributed by atoms with Crippen LogP contribution in [0.2, 0.25) is 5.02 Å². The van der Waals surface area contributed by atoms with E-state index >= 15 is 0 Å². The van der Waals surface area contributed by atoms with Gasteiger partial charge in [0.05, 0.1) is 35.7 Å². The molecule has 2 aromatic carbocycles. The molecule has 0 atom stereocenters. The normalized spacial score (nSPS) is 23.1. The van der Waals surface area contributed by atoms with Crippen LogP contribution >= 0.6 is 11.6 Å². The molecule has 1 aromatic heterocycles. The van der Waals surface area contributed by atoms with Gasteiger partial charge in [-0.2, -0.15) is 5.26 Å². The Morgan fingerprint density at radius 2 is 1.88 bits per heavy atom. The van der Waals surface area contributed by atoms with E-state index in [1.165, 1.54) is 6.26 Å². The lowest BCUT2D eigenvalue weighted by Crippen LogP contribution is -2.66. The Bertz CT molecular complexity index is 1400. The number of hydrogen-bond donors (Lipinski definition) is 0. The SMILES string of the molecule is CCCOc1c(C#N)ccc(-n2ccc3ccc(OCC45CC(CS(C)(=O)=O)(C4)C5)cc32)c1Cl. The molecule has 0 radical (unpaired) electrons. The maximum atomic E-state index is 11.7. The summed E-state index contributed by atoms with van der Waals surface area (Å²) in [6.07, 6.45) is 6.85. The van der Waals surface area contributed by atoms with Crippen LogP contribution in [0.1, 0.15) is 38.2 Å². The molecule has 2 bridgehead atoms. The average Bonchev–Trinajstić information content (AvgIpc) is 3.15. The van der Waals surface area contributed by atoms with Crippen LogP contribution in [0, 0.1) is 22.2 Å². The molecule has 6 rings (SSSR count). The standard InChI is InChI=1S/C26H27ClN2O4S/c1-3-10-32-24-19(12-28)5-7-21(23(24)27)29-9-8-18-4-6-20(11-22(18)29)33-16-25-13-26(14-25,15-25)17-34(2,30)31/h4-9,11H,3,10,13-17H2,1-2H3. The molecular formula is C26H27ClN2O4S. The number of aromatic nitrogens is 1. The second kappa shape index (κ2) is 8.21. The van der Waals surface area contributed by atoms with Crippen LogP contribution in [0.15, 0.2) is 42.6 Å². The van der Waals surface area contributed by atoms with Crippen molar-refractivity contribution in [3.8, 4) is 23.3 Å². The molecule has 0 saturated heterocycles. The van der Waals surface area contributed by atoms with Crippen LogP contribution in [-0.4, -0.2) is 38.2 Å². The average molecular weight is 499 g/mol. The van der Waals surface area contributed by atoms with Crippen molar-refractivity contribution in [3.63, 3.8) is 0 Å². The Morgan fingerprint density at radius 3 is 2.56 bits per heavy atom. The fraction of sp³-hybridized carbons (Fsp3) is 0.423. The van der Waals surface area contributed by atoms with Crippen molar-refractivity contribution in [3.05, 3.63) is 53.2 Å². The van der Waals surface area contributed by atoms with Crippen LogP contribution < -0.4 is 9.47 Å². The van der Waals surface area contributed by atoms with Gasteiger partial charge in [-0.05, 0) is 61.4 Å². The highest BCUT2D eigenvalue weighted by molar-refractivity contribution is 7.90. The van der Waals surface area contributed by atoms with Gasteiger partial charge in [-0.3, -0.25) is 0 Å². The van der Waals surface area contributed by atoms with Gasteiger partial charge >= 0.3 is 0 Å². The zero-order valence-electron chi connectivity index (χ0n) is 19.3. The molecule has 178 valence electrons. The van der Waals surface area contributed by atoms with E-state index in [1.54, 1.807) is 6.07 Å². The number of benzene rings is 2. The summed E-state index contributed by atoms with van der Waals surface area (Å²) in [6, 6.07) is 13.7. The van der Waals surface area contributed by atoms with Crippen molar-refractivity contribution in [2.45, 2.75) is 32.6 Å². The third kappa shape index (κ3) is 4.03. The molecule has 0 aliphatic heterocycles. The van der Waals surface area contributed by atoms with Gasteiger partial charge in [-0.1, -0.05) is 18.5 Å². The highest BCUT2D eigenvalue weighted by Gasteiger charge is 2.68. The van der Waals surface area contributed by atoms with Gasteiger partial charge in [0.25, 0.3) is 0 Å². The molecule has 0 amide bonds. The Balaban J connectivity index is 1.36. The van der Waals surface area contributed by atoms with Crippen molar-refractivity contribution in [1.82, 2.24) is 4.57 Å². The van der Waals surface area contributed by atoms with E-state index in [9.17, 15) is 13.7 Å². The van der Waals surface area contributed by atoms with E-state index in [0.29, 0.717) is 29.5 Å². The Labute approximate surface area is 205 Å². The maximum Gasteiger partial charge on any atom is 0.157 e. The van der Waals surface area contributed by atoms with Crippen molar-refractivity contribution >= 4 is 32.3 Å². The van der Waals surface area contributed by atoms with Gasteiger partial charge in [-0.15, -0.1) is 0 Å². The van der Waals surface area contributed by atoms with E-state index in [4.69, 9.17) is 21.1 Å². The molecular weight excluding hydrogens is 472 g/mol. The zero-order valence-corrected chi connectivity index (χ0v) is 20.9. The quantitative estimate of drug-likeness (QED) is 0.387. The molecule has 0 unspecified atom stereocenters. The minimum atomic E-state index is -2.95. The van der Waals surface area contributed by atoms with Crippen molar-refractivity contribution in [2.75, 3.05) is 25.2 Å². The first-order valence-corrected chi connectivity index (χ1v) is 13.9. The Morgan fingerprint density at radius 1 is 1.12 bits per heavy atom. The highest BCUT2D eigenvalue weighted by Crippen LogP contribution is 2.73. The molecule has 1 heterocycles. The monoisotopic (exact) mass is 498 g/mol. The number of rotatable bonds is 9. The first-order chi connectivity index (χ1) is 16.2. The van der Waals surface area contributed by atoms with E-state index in [0.717, 1.165) is 48.0 Å². The zero-order chi connectivity index (χ0) is 24.1. The van der Waals surface area contributed by atoms with Gasteiger partial charge in [0, 0.05) is 29.3 Å². The third-order valence-electron chi connectivity index (χ3n) is 6.94. The molecule has 3 saturated carbocycles. The summed E-state index contributed by atoms with van der Waals surface area (Å²) < 4.78 is 37.3. The van der Waals surface area contributed by atoms with Crippen LogP contribution in [-0.2, 0) is 9.84 Å². The van der Waals surface area contributed by atoms with E-state index in [2.05, 4.69) is 6.07 Å². The molecule has 0 N–H and O–H groups in total. The topological polar surface area (TPSA) is 81.3 Å². The molecule has 3 fully saturated rings. The summed E-state index contributed by atoms with van der Waals surface area (Å²) in [5.74, 6) is 1.46. The lowest BCUT2D eigenvalue weighted by molar-refractivity contribution is -0.204. The lowest BCUT2D eigenvalue weighted by Gasteiger charge is -2.70. The summed E-state index contributed by atoms with van der Waals surface area (Å²) in [7, 11) is -2.95. The Kier molecular flexibility index (Phi) is 5.57. The van der Waals surface area contributed by atoms with Crippen molar-refractivity contribution in [1.29, 1.82) is 5.26 Å². The number of ether oxygens (including phenoxy) is 2. The summed E-state index contributed by atoms with van der Waals surface area (Å²) in [5, 5.41) is 10.9. The molecule has 0 spiro atoms. The number of nitriles is 1. The number of hydrogen-bond acceptors (Lipinski definition) is 5. The number of sulfone groups is 1. The lowest BCUT2D eigenvalue weighted by atomic mass is 9.36. The van der Waals surface area contributed by atoms with Crippen LogP contribution in [0.25, 0.3) is 16.6 Å². The maximum absolute atomic E-state index is 11.7.